The smallest absolute Gasteiger partial charge is 0.323 e. The molecule has 21 heavy (non-hydrogen) atoms. The number of hydrogen-bond donors (Lipinski definition) is 1. The van der Waals surface area contributed by atoms with Gasteiger partial charge in [0.05, 0.1) is 7.11 Å². The molecule has 1 aromatic carbocycles. The van der Waals surface area contributed by atoms with Crippen LogP contribution in [0.5, 0.6) is 5.75 Å². The van der Waals surface area contributed by atoms with Crippen LogP contribution in [-0.4, -0.2) is 41.1 Å². The molecule has 0 saturated carbocycles. The molecule has 0 aliphatic rings. The van der Waals surface area contributed by atoms with Crippen molar-refractivity contribution in [2.24, 2.45) is 0 Å². The van der Waals surface area contributed by atoms with Crippen LogP contribution in [0.4, 0.5) is 0 Å². The second-order valence-corrected chi connectivity index (χ2v) is 5.60. The molecule has 0 bridgehead atoms. The molecule has 1 amide bonds. The molecule has 0 aliphatic heterocycles. The van der Waals surface area contributed by atoms with Gasteiger partial charge in [-0.05, 0) is 44.5 Å². The summed E-state index contributed by atoms with van der Waals surface area (Å²) in [5, 5.41) is 8.91. The Morgan fingerprint density at radius 2 is 1.81 bits per heavy atom. The van der Waals surface area contributed by atoms with Crippen molar-refractivity contribution in [2.45, 2.75) is 26.3 Å². The van der Waals surface area contributed by atoms with Crippen LogP contribution in [-0.2, 0) is 9.59 Å². The molecule has 0 aliphatic carbocycles. The third-order valence-corrected chi connectivity index (χ3v) is 2.90. The topological polar surface area (TPSA) is 66.8 Å². The molecular weight excluding hydrogens is 270 g/mol. The van der Waals surface area contributed by atoms with Crippen LogP contribution in [0.15, 0.2) is 30.3 Å². The Bertz CT molecular complexity index is 526. The number of aliphatic carboxylic acids is 1. The van der Waals surface area contributed by atoms with Crippen LogP contribution in [0.25, 0.3) is 6.08 Å². The van der Waals surface area contributed by atoms with E-state index in [0.717, 1.165) is 11.3 Å². The van der Waals surface area contributed by atoms with Crippen molar-refractivity contribution < 1.29 is 19.4 Å². The average Bonchev–Trinajstić information content (AvgIpc) is 2.41. The van der Waals surface area contributed by atoms with Gasteiger partial charge in [0.2, 0.25) is 5.91 Å². The molecule has 114 valence electrons. The predicted molar refractivity (Wildman–Crippen MR) is 81.1 cm³/mol. The number of rotatable bonds is 5. The van der Waals surface area contributed by atoms with Crippen LogP contribution < -0.4 is 4.74 Å². The standard InChI is InChI=1S/C16H21NO4/c1-16(2,3)17(11-15(19)20)14(18)10-7-12-5-8-13(21-4)9-6-12/h5-10H,11H2,1-4H3,(H,19,20). The van der Waals surface area contributed by atoms with Crippen LogP contribution in [0.3, 0.4) is 0 Å². The maximum atomic E-state index is 12.2. The third kappa shape index (κ3) is 5.30. The number of methoxy groups -OCH3 is 1. The lowest BCUT2D eigenvalue weighted by Gasteiger charge is -2.33. The summed E-state index contributed by atoms with van der Waals surface area (Å²) in [6, 6.07) is 7.23. The normalized spacial score (nSPS) is 11.4. The van der Waals surface area contributed by atoms with Gasteiger partial charge in [0.1, 0.15) is 12.3 Å². The lowest BCUT2D eigenvalue weighted by molar-refractivity contribution is -0.145. The lowest BCUT2D eigenvalue weighted by atomic mass is 10.1. The fourth-order valence-electron chi connectivity index (χ4n) is 1.75. The molecule has 1 aromatic rings. The predicted octanol–water partition coefficient (Wildman–Crippen LogP) is 2.42. The fraction of sp³-hybridized carbons (Fsp3) is 0.375. The summed E-state index contributed by atoms with van der Waals surface area (Å²) in [5.41, 5.74) is 0.285. The number of hydrogen-bond acceptors (Lipinski definition) is 3. The SMILES string of the molecule is COc1ccc(C=CC(=O)N(CC(=O)O)C(C)(C)C)cc1. The van der Waals surface area contributed by atoms with Crippen molar-refractivity contribution >= 4 is 18.0 Å². The maximum absolute atomic E-state index is 12.2. The van der Waals surface area contributed by atoms with Gasteiger partial charge >= 0.3 is 5.97 Å². The van der Waals surface area contributed by atoms with Crippen LogP contribution in [0.1, 0.15) is 26.3 Å². The zero-order chi connectivity index (χ0) is 16.0. The van der Waals surface area contributed by atoms with Gasteiger partial charge < -0.3 is 14.7 Å². The first-order chi connectivity index (χ1) is 9.74. The molecule has 0 heterocycles. The summed E-state index contributed by atoms with van der Waals surface area (Å²) in [6.45, 7) is 5.08. The van der Waals surface area contributed by atoms with Gasteiger partial charge in [-0.15, -0.1) is 0 Å². The van der Waals surface area contributed by atoms with Crippen molar-refractivity contribution in [3.63, 3.8) is 0 Å². The summed E-state index contributed by atoms with van der Waals surface area (Å²) in [5.74, 6) is -0.627. The van der Waals surface area contributed by atoms with E-state index in [1.54, 1.807) is 46.1 Å². The van der Waals surface area contributed by atoms with E-state index >= 15 is 0 Å². The molecule has 1 rings (SSSR count). The molecule has 0 atom stereocenters. The number of ether oxygens (including phenoxy) is 1. The summed E-state index contributed by atoms with van der Waals surface area (Å²) in [4.78, 5) is 24.4. The largest absolute Gasteiger partial charge is 0.497 e. The van der Waals surface area contributed by atoms with E-state index in [-0.39, 0.29) is 12.5 Å². The zero-order valence-electron chi connectivity index (χ0n) is 12.8. The minimum absolute atomic E-state index is 0.324. The maximum Gasteiger partial charge on any atom is 0.323 e. The molecule has 0 aromatic heterocycles. The van der Waals surface area contributed by atoms with E-state index in [0.29, 0.717) is 0 Å². The van der Waals surface area contributed by atoms with Gasteiger partial charge in [0.15, 0.2) is 0 Å². The molecule has 0 saturated heterocycles. The van der Waals surface area contributed by atoms with Gasteiger partial charge in [0.25, 0.3) is 0 Å². The van der Waals surface area contributed by atoms with Crippen LogP contribution in [0.2, 0.25) is 0 Å². The fourth-order valence-corrected chi connectivity index (χ4v) is 1.75. The number of amides is 1. The highest BCUT2D eigenvalue weighted by molar-refractivity contribution is 5.94. The second kappa shape index (κ2) is 6.92. The first-order valence-corrected chi connectivity index (χ1v) is 6.59. The Labute approximate surface area is 124 Å². The van der Waals surface area contributed by atoms with Crippen LogP contribution in [0, 0.1) is 0 Å². The van der Waals surface area contributed by atoms with E-state index in [1.807, 2.05) is 12.1 Å². The van der Waals surface area contributed by atoms with E-state index in [2.05, 4.69) is 0 Å². The van der Waals surface area contributed by atoms with E-state index < -0.39 is 11.5 Å². The monoisotopic (exact) mass is 291 g/mol. The van der Waals surface area contributed by atoms with E-state index in [1.165, 1.54) is 11.0 Å². The van der Waals surface area contributed by atoms with Crippen molar-refractivity contribution in [3.05, 3.63) is 35.9 Å². The van der Waals surface area contributed by atoms with Gasteiger partial charge in [-0.25, -0.2) is 0 Å². The van der Waals surface area contributed by atoms with Gasteiger partial charge in [-0.2, -0.15) is 0 Å². The Morgan fingerprint density at radius 3 is 2.24 bits per heavy atom. The molecule has 1 N–H and O–H groups in total. The molecule has 0 radical (unpaired) electrons. The average molecular weight is 291 g/mol. The summed E-state index contributed by atoms with van der Waals surface area (Å²) >= 11 is 0. The Morgan fingerprint density at radius 1 is 1.24 bits per heavy atom. The quantitative estimate of drug-likeness (QED) is 0.846. The molecular formula is C16H21NO4. The number of nitrogens with zero attached hydrogens (tertiary/aromatic N) is 1. The number of carboxylic acids is 1. The van der Waals surface area contributed by atoms with Crippen molar-refractivity contribution in [1.29, 1.82) is 0 Å². The number of benzene rings is 1. The summed E-state index contributed by atoms with van der Waals surface area (Å²) < 4.78 is 5.06. The highest BCUT2D eigenvalue weighted by atomic mass is 16.5. The first kappa shape index (κ1) is 16.8. The lowest BCUT2D eigenvalue weighted by Crippen LogP contribution is -2.47. The van der Waals surface area contributed by atoms with Gasteiger partial charge in [-0.3, -0.25) is 9.59 Å². The number of carbonyl (C=O) groups is 2. The Hall–Kier alpha value is -2.30. The molecule has 0 fully saturated rings. The molecule has 5 heteroatoms. The van der Waals surface area contributed by atoms with Crippen molar-refractivity contribution in [2.75, 3.05) is 13.7 Å². The highest BCUT2D eigenvalue weighted by Gasteiger charge is 2.26. The summed E-state index contributed by atoms with van der Waals surface area (Å²) in [6.07, 6.45) is 3.04. The molecule has 0 spiro atoms. The Kier molecular flexibility index (Phi) is 5.52. The first-order valence-electron chi connectivity index (χ1n) is 6.59. The second-order valence-electron chi connectivity index (χ2n) is 5.60. The molecule has 5 nitrogen and oxygen atoms in total. The van der Waals surface area contributed by atoms with Gasteiger partial charge in [-0.1, -0.05) is 12.1 Å². The van der Waals surface area contributed by atoms with Gasteiger partial charge in [0, 0.05) is 11.6 Å². The number of carbonyl (C=O) groups excluding carboxylic acids is 1. The highest BCUT2D eigenvalue weighted by Crippen LogP contribution is 2.15. The summed E-state index contributed by atoms with van der Waals surface area (Å²) in [7, 11) is 1.58. The Balaban J connectivity index is 2.84. The minimum atomic E-state index is -1.03. The van der Waals surface area contributed by atoms with Crippen molar-refractivity contribution in [1.82, 2.24) is 4.90 Å². The minimum Gasteiger partial charge on any atom is -0.497 e. The van der Waals surface area contributed by atoms with Crippen molar-refractivity contribution in [3.8, 4) is 5.75 Å². The zero-order valence-corrected chi connectivity index (χ0v) is 12.8. The molecule has 0 unspecified atom stereocenters. The van der Waals surface area contributed by atoms with Crippen LogP contribution >= 0.6 is 0 Å². The van der Waals surface area contributed by atoms with E-state index in [9.17, 15) is 9.59 Å². The van der Waals surface area contributed by atoms with E-state index in [4.69, 9.17) is 9.84 Å². The number of carboxylic acid groups (broad SMARTS) is 1. The third-order valence-electron chi connectivity index (χ3n) is 2.90.